The van der Waals surface area contributed by atoms with E-state index >= 15 is 0 Å². The number of ether oxygens (including phenoxy) is 1. The smallest absolute Gasteiger partial charge is 0.133 e. The molecule has 0 saturated heterocycles. The number of hydrogen-bond acceptors (Lipinski definition) is 2. The molecule has 23 heavy (non-hydrogen) atoms. The van der Waals surface area contributed by atoms with E-state index in [1.54, 1.807) is 12.7 Å². The Bertz CT molecular complexity index is 728. The Kier molecular flexibility index (Phi) is 3.94. The number of hydrogen-bond donors (Lipinski definition) is 0. The lowest BCUT2D eigenvalue weighted by atomic mass is 9.85. The molecule has 0 spiro atoms. The van der Waals surface area contributed by atoms with Crippen molar-refractivity contribution >= 4 is 15.9 Å². The predicted molar refractivity (Wildman–Crippen MR) is 97.5 cm³/mol. The van der Waals surface area contributed by atoms with Gasteiger partial charge >= 0.3 is 0 Å². The van der Waals surface area contributed by atoms with Crippen molar-refractivity contribution < 1.29 is 4.74 Å². The second kappa shape index (κ2) is 5.95. The fourth-order valence-electron chi connectivity index (χ4n) is 4.36. The topological polar surface area (TPSA) is 12.5 Å². The van der Waals surface area contributed by atoms with E-state index in [0.29, 0.717) is 11.8 Å². The first-order valence-corrected chi connectivity index (χ1v) is 9.11. The van der Waals surface area contributed by atoms with Crippen molar-refractivity contribution in [1.29, 1.82) is 0 Å². The third kappa shape index (κ3) is 2.50. The van der Waals surface area contributed by atoms with E-state index in [2.05, 4.69) is 64.3 Å². The van der Waals surface area contributed by atoms with E-state index in [9.17, 15) is 0 Å². The standard InChI is InChI=1S/C20H22BrNO/c1-22-11-14-8-9-15-19(14)16(10-18(23-2)20(15)21)17(12-22)13-6-4-3-5-7-13/h3-7,10,14,17H,8-9,11-12H2,1-2H3/t14-,17-/m1/s1. The van der Waals surface area contributed by atoms with Gasteiger partial charge in [0.15, 0.2) is 0 Å². The molecule has 0 N–H and O–H groups in total. The van der Waals surface area contributed by atoms with Gasteiger partial charge in [0.05, 0.1) is 11.6 Å². The van der Waals surface area contributed by atoms with Crippen molar-refractivity contribution in [2.75, 3.05) is 27.2 Å². The molecule has 0 radical (unpaired) electrons. The van der Waals surface area contributed by atoms with Crippen LogP contribution in [0.2, 0.25) is 0 Å². The van der Waals surface area contributed by atoms with Gasteiger partial charge in [0, 0.05) is 19.0 Å². The minimum atomic E-state index is 0.417. The van der Waals surface area contributed by atoms with Gasteiger partial charge in [0.25, 0.3) is 0 Å². The zero-order valence-corrected chi connectivity index (χ0v) is 15.3. The van der Waals surface area contributed by atoms with Crippen molar-refractivity contribution in [1.82, 2.24) is 4.90 Å². The predicted octanol–water partition coefficient (Wildman–Crippen LogP) is 4.56. The molecule has 0 amide bonds. The van der Waals surface area contributed by atoms with Crippen molar-refractivity contribution in [2.24, 2.45) is 0 Å². The van der Waals surface area contributed by atoms with E-state index in [1.807, 2.05) is 0 Å². The molecule has 120 valence electrons. The molecule has 0 unspecified atom stereocenters. The summed E-state index contributed by atoms with van der Waals surface area (Å²) in [7, 11) is 4.03. The van der Waals surface area contributed by atoms with Crippen LogP contribution in [0.5, 0.6) is 5.75 Å². The SMILES string of the molecule is COc1cc2c3c(c1Br)CC[C@@H]3CN(C)C[C@@H]2c1ccccc1. The van der Waals surface area contributed by atoms with Crippen LogP contribution in [0.3, 0.4) is 0 Å². The Balaban J connectivity index is 1.94. The highest BCUT2D eigenvalue weighted by Gasteiger charge is 2.35. The minimum absolute atomic E-state index is 0.417. The van der Waals surface area contributed by atoms with Crippen molar-refractivity contribution in [3.63, 3.8) is 0 Å². The van der Waals surface area contributed by atoms with Crippen LogP contribution in [0, 0.1) is 0 Å². The number of methoxy groups -OCH3 is 1. The van der Waals surface area contributed by atoms with Crippen LogP contribution in [0.4, 0.5) is 0 Å². The average Bonchev–Trinajstić information content (AvgIpc) is 2.92. The maximum absolute atomic E-state index is 5.66. The fourth-order valence-corrected chi connectivity index (χ4v) is 5.05. The Morgan fingerprint density at radius 2 is 1.96 bits per heavy atom. The van der Waals surface area contributed by atoms with Gasteiger partial charge in [-0.2, -0.15) is 0 Å². The largest absolute Gasteiger partial charge is 0.496 e. The average molecular weight is 372 g/mol. The second-order valence-electron chi connectivity index (χ2n) is 6.79. The summed E-state index contributed by atoms with van der Waals surface area (Å²) in [5, 5.41) is 0. The maximum atomic E-state index is 5.66. The Labute approximate surface area is 146 Å². The number of halogens is 1. The van der Waals surface area contributed by atoms with Crippen LogP contribution in [0.1, 0.15) is 40.5 Å². The lowest BCUT2D eigenvalue weighted by Crippen LogP contribution is -2.25. The Morgan fingerprint density at radius 3 is 2.70 bits per heavy atom. The molecule has 2 aromatic rings. The molecule has 2 aliphatic rings. The second-order valence-corrected chi connectivity index (χ2v) is 7.59. The third-order valence-corrected chi connectivity index (χ3v) is 6.25. The number of rotatable bonds is 2. The summed E-state index contributed by atoms with van der Waals surface area (Å²) < 4.78 is 6.83. The third-order valence-electron chi connectivity index (χ3n) is 5.38. The molecule has 3 heteroatoms. The first-order valence-electron chi connectivity index (χ1n) is 8.31. The van der Waals surface area contributed by atoms with Gasteiger partial charge in [0.2, 0.25) is 0 Å². The lowest BCUT2D eigenvalue weighted by molar-refractivity contribution is 0.312. The first kappa shape index (κ1) is 15.2. The van der Waals surface area contributed by atoms with E-state index in [4.69, 9.17) is 4.74 Å². The fraction of sp³-hybridized carbons (Fsp3) is 0.400. The summed E-state index contributed by atoms with van der Waals surface area (Å²) in [6.07, 6.45) is 2.40. The van der Waals surface area contributed by atoms with Gasteiger partial charge < -0.3 is 9.64 Å². The van der Waals surface area contributed by atoms with Gasteiger partial charge in [-0.25, -0.2) is 0 Å². The van der Waals surface area contributed by atoms with Gasteiger partial charge in [-0.05, 0) is 70.1 Å². The molecule has 2 atom stereocenters. The molecule has 1 aliphatic heterocycles. The van der Waals surface area contributed by atoms with Gasteiger partial charge in [0.1, 0.15) is 5.75 Å². The molecule has 0 aromatic heterocycles. The van der Waals surface area contributed by atoms with E-state index in [0.717, 1.165) is 29.7 Å². The lowest BCUT2D eigenvalue weighted by Gasteiger charge is -2.23. The summed E-state index contributed by atoms with van der Waals surface area (Å²) >= 11 is 3.79. The Hall–Kier alpha value is -1.32. The van der Waals surface area contributed by atoms with E-state index in [1.165, 1.54) is 23.1 Å². The van der Waals surface area contributed by atoms with Crippen LogP contribution < -0.4 is 4.74 Å². The number of benzene rings is 2. The molecule has 0 fully saturated rings. The molecule has 1 heterocycles. The van der Waals surface area contributed by atoms with Crippen molar-refractivity contribution in [3.05, 3.63) is 63.1 Å². The highest BCUT2D eigenvalue weighted by Crippen LogP contribution is 2.48. The van der Waals surface area contributed by atoms with E-state index in [-0.39, 0.29) is 0 Å². The summed E-state index contributed by atoms with van der Waals surface area (Å²) in [4.78, 5) is 2.50. The maximum Gasteiger partial charge on any atom is 0.133 e. The Morgan fingerprint density at radius 1 is 1.17 bits per heavy atom. The zero-order valence-electron chi connectivity index (χ0n) is 13.7. The molecule has 2 aromatic carbocycles. The summed E-state index contributed by atoms with van der Waals surface area (Å²) in [6.45, 7) is 2.22. The first-order chi connectivity index (χ1) is 11.2. The van der Waals surface area contributed by atoms with Gasteiger partial charge in [-0.3, -0.25) is 0 Å². The van der Waals surface area contributed by atoms with Crippen LogP contribution >= 0.6 is 15.9 Å². The van der Waals surface area contributed by atoms with Crippen LogP contribution in [0.25, 0.3) is 0 Å². The monoisotopic (exact) mass is 371 g/mol. The molecule has 4 rings (SSSR count). The van der Waals surface area contributed by atoms with Crippen molar-refractivity contribution in [3.8, 4) is 5.75 Å². The molecule has 0 bridgehead atoms. The normalized spacial score (nSPS) is 23.4. The highest BCUT2D eigenvalue weighted by molar-refractivity contribution is 9.10. The number of likely N-dealkylation sites (N-methyl/N-ethyl adjacent to an activating group) is 1. The highest BCUT2D eigenvalue weighted by atomic mass is 79.9. The number of nitrogens with zero attached hydrogens (tertiary/aromatic N) is 1. The molecular weight excluding hydrogens is 350 g/mol. The molecular formula is C20H22BrNO. The molecule has 1 aliphatic carbocycles. The van der Waals surface area contributed by atoms with Crippen molar-refractivity contribution in [2.45, 2.75) is 24.7 Å². The van der Waals surface area contributed by atoms with Crippen LogP contribution in [-0.4, -0.2) is 32.1 Å². The zero-order chi connectivity index (χ0) is 16.0. The van der Waals surface area contributed by atoms with Gasteiger partial charge in [-0.15, -0.1) is 0 Å². The van der Waals surface area contributed by atoms with Crippen LogP contribution in [0.15, 0.2) is 40.9 Å². The van der Waals surface area contributed by atoms with Crippen LogP contribution in [-0.2, 0) is 6.42 Å². The molecule has 0 saturated carbocycles. The summed E-state index contributed by atoms with van der Waals surface area (Å²) in [6, 6.07) is 13.2. The van der Waals surface area contributed by atoms with Gasteiger partial charge in [-0.1, -0.05) is 30.3 Å². The summed E-state index contributed by atoms with van der Waals surface area (Å²) in [5.74, 6) is 2.05. The summed E-state index contributed by atoms with van der Waals surface area (Å²) in [5.41, 5.74) is 5.92. The minimum Gasteiger partial charge on any atom is -0.496 e. The quantitative estimate of drug-likeness (QED) is 0.766. The van der Waals surface area contributed by atoms with E-state index < -0.39 is 0 Å². The molecule has 2 nitrogen and oxygen atoms in total.